The highest BCUT2D eigenvalue weighted by Crippen LogP contribution is 2.29. The lowest BCUT2D eigenvalue weighted by atomic mass is 9.86. The quantitative estimate of drug-likeness (QED) is 0.671. The van der Waals surface area contributed by atoms with Gasteiger partial charge >= 0.3 is 0 Å². The van der Waals surface area contributed by atoms with Gasteiger partial charge in [0.25, 0.3) is 0 Å². The van der Waals surface area contributed by atoms with Crippen molar-refractivity contribution in [3.05, 3.63) is 23.8 Å². The lowest BCUT2D eigenvalue weighted by Crippen LogP contribution is -2.29. The summed E-state index contributed by atoms with van der Waals surface area (Å²) in [7, 11) is 3.23. The van der Waals surface area contributed by atoms with Crippen LogP contribution >= 0.6 is 0 Å². The first-order valence-corrected chi connectivity index (χ1v) is 7.37. The van der Waals surface area contributed by atoms with E-state index in [4.69, 9.17) is 14.2 Å². The molecule has 0 aliphatic heterocycles. The van der Waals surface area contributed by atoms with Crippen LogP contribution in [0.25, 0.3) is 0 Å². The Morgan fingerprint density at radius 2 is 1.91 bits per heavy atom. The summed E-state index contributed by atoms with van der Waals surface area (Å²) in [6.07, 6.45) is 1.03. The summed E-state index contributed by atoms with van der Waals surface area (Å²) >= 11 is 0. The number of ether oxygens (including phenoxy) is 3. The standard InChI is InChI=1S/C17H26O5/c1-17(2,12-18)16(19)11-13-6-7-14(21-4)15(10-13)22-9-5-8-20-3/h6-7,10,18H,5,8-9,11-12H2,1-4H3. The second-order valence-corrected chi connectivity index (χ2v) is 5.82. The first kappa shape index (κ1) is 18.5. The van der Waals surface area contributed by atoms with Crippen molar-refractivity contribution in [2.24, 2.45) is 5.41 Å². The Hall–Kier alpha value is -1.59. The number of hydrogen-bond acceptors (Lipinski definition) is 5. The maximum absolute atomic E-state index is 12.2. The summed E-state index contributed by atoms with van der Waals surface area (Å²) in [6.45, 7) is 4.46. The van der Waals surface area contributed by atoms with Crippen molar-refractivity contribution in [1.82, 2.24) is 0 Å². The Kier molecular flexibility index (Phi) is 7.35. The van der Waals surface area contributed by atoms with E-state index in [-0.39, 0.29) is 18.8 Å². The molecule has 0 saturated carbocycles. The number of benzene rings is 1. The van der Waals surface area contributed by atoms with E-state index in [9.17, 15) is 9.90 Å². The predicted molar refractivity (Wildman–Crippen MR) is 84.6 cm³/mol. The predicted octanol–water partition coefficient (Wildman–Crippen LogP) is 2.24. The summed E-state index contributed by atoms with van der Waals surface area (Å²) in [5.41, 5.74) is 0.105. The summed E-state index contributed by atoms with van der Waals surface area (Å²) in [5, 5.41) is 9.27. The van der Waals surface area contributed by atoms with Gasteiger partial charge < -0.3 is 19.3 Å². The third kappa shape index (κ3) is 5.31. The van der Waals surface area contributed by atoms with Crippen LogP contribution in [0.15, 0.2) is 18.2 Å². The van der Waals surface area contributed by atoms with E-state index in [1.807, 2.05) is 12.1 Å². The van der Waals surface area contributed by atoms with Crippen molar-refractivity contribution in [3.8, 4) is 11.5 Å². The van der Waals surface area contributed by atoms with E-state index in [1.54, 1.807) is 34.1 Å². The van der Waals surface area contributed by atoms with E-state index in [2.05, 4.69) is 0 Å². The molecule has 0 atom stereocenters. The number of aliphatic hydroxyl groups is 1. The minimum absolute atomic E-state index is 0.00880. The molecule has 1 rings (SSSR count). The fourth-order valence-corrected chi connectivity index (χ4v) is 1.84. The second kappa shape index (κ2) is 8.76. The third-order valence-corrected chi connectivity index (χ3v) is 3.49. The minimum Gasteiger partial charge on any atom is -0.493 e. The number of carbonyl (C=O) groups excluding carboxylic acids is 1. The van der Waals surface area contributed by atoms with Crippen molar-refractivity contribution < 1.29 is 24.1 Å². The molecule has 1 N–H and O–H groups in total. The van der Waals surface area contributed by atoms with Crippen LogP contribution in [0.1, 0.15) is 25.8 Å². The average molecular weight is 310 g/mol. The zero-order valence-corrected chi connectivity index (χ0v) is 13.8. The number of ketones is 1. The summed E-state index contributed by atoms with van der Waals surface area (Å²) < 4.78 is 16.0. The van der Waals surface area contributed by atoms with E-state index in [1.165, 1.54) is 0 Å². The van der Waals surface area contributed by atoms with Gasteiger partial charge in [-0.3, -0.25) is 4.79 Å². The molecule has 0 fully saturated rings. The molecule has 0 bridgehead atoms. The normalized spacial score (nSPS) is 11.3. The summed E-state index contributed by atoms with van der Waals surface area (Å²) in [4.78, 5) is 12.2. The Morgan fingerprint density at radius 1 is 1.18 bits per heavy atom. The monoisotopic (exact) mass is 310 g/mol. The van der Waals surface area contributed by atoms with Gasteiger partial charge in [0.05, 0.1) is 20.3 Å². The molecule has 0 spiro atoms. The molecule has 124 valence electrons. The fourth-order valence-electron chi connectivity index (χ4n) is 1.84. The van der Waals surface area contributed by atoms with Crippen molar-refractivity contribution in [3.63, 3.8) is 0 Å². The Bertz CT molecular complexity index is 482. The van der Waals surface area contributed by atoms with Gasteiger partial charge in [-0.25, -0.2) is 0 Å². The number of aliphatic hydroxyl groups excluding tert-OH is 1. The van der Waals surface area contributed by atoms with Gasteiger partial charge in [-0.2, -0.15) is 0 Å². The van der Waals surface area contributed by atoms with E-state index >= 15 is 0 Å². The Labute approximate surface area is 132 Å². The molecule has 5 nitrogen and oxygen atoms in total. The van der Waals surface area contributed by atoms with Gasteiger partial charge in [0.1, 0.15) is 5.78 Å². The molecule has 0 aromatic heterocycles. The molecule has 0 heterocycles. The molecule has 0 aliphatic carbocycles. The van der Waals surface area contributed by atoms with Crippen LogP contribution in [0.5, 0.6) is 11.5 Å². The van der Waals surface area contributed by atoms with Crippen molar-refractivity contribution in [2.45, 2.75) is 26.7 Å². The Balaban J connectivity index is 2.78. The van der Waals surface area contributed by atoms with Gasteiger partial charge in [0, 0.05) is 32.0 Å². The minimum atomic E-state index is -0.737. The number of hydrogen-bond donors (Lipinski definition) is 1. The molecule has 0 aliphatic rings. The molecular weight excluding hydrogens is 284 g/mol. The van der Waals surface area contributed by atoms with Gasteiger partial charge in [0.2, 0.25) is 0 Å². The van der Waals surface area contributed by atoms with E-state index in [0.29, 0.717) is 24.7 Å². The lowest BCUT2D eigenvalue weighted by Gasteiger charge is -2.20. The largest absolute Gasteiger partial charge is 0.493 e. The molecule has 5 heteroatoms. The molecule has 0 unspecified atom stereocenters. The van der Waals surface area contributed by atoms with Crippen LogP contribution in [-0.4, -0.2) is 44.9 Å². The maximum Gasteiger partial charge on any atom is 0.161 e. The third-order valence-electron chi connectivity index (χ3n) is 3.49. The van der Waals surface area contributed by atoms with Crippen LogP contribution in [-0.2, 0) is 16.0 Å². The highest BCUT2D eigenvalue weighted by Gasteiger charge is 2.26. The summed E-state index contributed by atoms with van der Waals surface area (Å²) in [5.74, 6) is 1.24. The van der Waals surface area contributed by atoms with Gasteiger partial charge in [0.15, 0.2) is 11.5 Å². The zero-order valence-electron chi connectivity index (χ0n) is 13.8. The van der Waals surface area contributed by atoms with Crippen LogP contribution in [0.4, 0.5) is 0 Å². The topological polar surface area (TPSA) is 65.0 Å². The molecule has 22 heavy (non-hydrogen) atoms. The summed E-state index contributed by atoms with van der Waals surface area (Å²) in [6, 6.07) is 5.45. The number of carbonyl (C=O) groups is 1. The molecule has 0 saturated heterocycles. The average Bonchev–Trinajstić information content (AvgIpc) is 2.51. The highest BCUT2D eigenvalue weighted by atomic mass is 16.5. The molecule has 1 aromatic carbocycles. The van der Waals surface area contributed by atoms with E-state index < -0.39 is 5.41 Å². The first-order chi connectivity index (χ1) is 10.4. The van der Waals surface area contributed by atoms with Crippen LogP contribution in [0.2, 0.25) is 0 Å². The Morgan fingerprint density at radius 3 is 2.50 bits per heavy atom. The number of rotatable bonds is 10. The van der Waals surface area contributed by atoms with Crippen molar-refractivity contribution in [2.75, 3.05) is 34.0 Å². The zero-order chi connectivity index (χ0) is 16.6. The van der Waals surface area contributed by atoms with Gasteiger partial charge in [-0.05, 0) is 17.7 Å². The molecular formula is C17H26O5. The van der Waals surface area contributed by atoms with Gasteiger partial charge in [-0.1, -0.05) is 19.9 Å². The first-order valence-electron chi connectivity index (χ1n) is 7.37. The molecule has 0 radical (unpaired) electrons. The van der Waals surface area contributed by atoms with Crippen molar-refractivity contribution >= 4 is 5.78 Å². The number of Topliss-reactive ketones (excluding diaryl/α,β-unsaturated/α-hetero) is 1. The second-order valence-electron chi connectivity index (χ2n) is 5.82. The SMILES string of the molecule is COCCCOc1cc(CC(=O)C(C)(C)CO)ccc1OC. The van der Waals surface area contributed by atoms with Gasteiger partial charge in [-0.15, -0.1) is 0 Å². The van der Waals surface area contributed by atoms with E-state index in [0.717, 1.165) is 12.0 Å². The van der Waals surface area contributed by atoms with Crippen molar-refractivity contribution in [1.29, 1.82) is 0 Å². The molecule has 1 aromatic rings. The molecule has 0 amide bonds. The fraction of sp³-hybridized carbons (Fsp3) is 0.588. The van der Waals surface area contributed by atoms with Crippen LogP contribution in [0, 0.1) is 5.41 Å². The number of methoxy groups -OCH3 is 2. The highest BCUT2D eigenvalue weighted by molar-refractivity contribution is 5.86. The van der Waals surface area contributed by atoms with Crippen LogP contribution < -0.4 is 9.47 Å². The smallest absolute Gasteiger partial charge is 0.161 e. The lowest BCUT2D eigenvalue weighted by molar-refractivity contribution is -0.128. The maximum atomic E-state index is 12.2. The van der Waals surface area contributed by atoms with Crippen LogP contribution in [0.3, 0.4) is 0 Å².